The Kier molecular flexibility index (Phi) is 9.77. The van der Waals surface area contributed by atoms with E-state index in [1.54, 1.807) is 12.1 Å². The van der Waals surface area contributed by atoms with E-state index < -0.39 is 21.0 Å². The summed E-state index contributed by atoms with van der Waals surface area (Å²) in [5, 5.41) is 5.13. The number of aryl methyl sites for hydroxylation is 1. The number of hydrogen-bond donors (Lipinski definition) is 1. The highest BCUT2D eigenvalue weighted by Crippen LogP contribution is 2.39. The lowest BCUT2D eigenvalue weighted by Gasteiger charge is -2.35. The first-order valence-electron chi connectivity index (χ1n) is 12.5. The monoisotopic (exact) mass is 517 g/mol. The van der Waals surface area contributed by atoms with Crippen molar-refractivity contribution in [3.63, 3.8) is 0 Å². The van der Waals surface area contributed by atoms with Crippen molar-refractivity contribution < 1.29 is 22.7 Å². The van der Waals surface area contributed by atoms with E-state index in [2.05, 4.69) is 26.0 Å². The van der Waals surface area contributed by atoms with Gasteiger partial charge in [0.15, 0.2) is 0 Å². The van der Waals surface area contributed by atoms with Gasteiger partial charge in [0.25, 0.3) is 0 Å². The van der Waals surface area contributed by atoms with Gasteiger partial charge in [0, 0.05) is 0 Å². The van der Waals surface area contributed by atoms with Gasteiger partial charge in [0.1, 0.15) is 18.0 Å². The van der Waals surface area contributed by atoms with Gasteiger partial charge < -0.3 is 9.47 Å². The number of sulfonamides is 1. The third kappa shape index (κ3) is 10.3. The number of carbonyl (C=O) groups excluding carboxylic acids is 1. The summed E-state index contributed by atoms with van der Waals surface area (Å²) in [5.41, 5.74) is 1.18. The summed E-state index contributed by atoms with van der Waals surface area (Å²) >= 11 is 0. The Morgan fingerprint density at radius 2 is 1.39 bits per heavy atom. The summed E-state index contributed by atoms with van der Waals surface area (Å²) in [4.78, 5) is 12.7. The normalized spacial score (nSPS) is 12.9. The molecule has 0 aliphatic rings. The Labute approximate surface area is 217 Å². The fraction of sp³-hybridized carbons (Fsp3) is 0.552. The molecular formula is C29H43NO5S. The smallest absolute Gasteiger partial charge is 0.312 e. The molecule has 7 heteroatoms. The SMILES string of the molecule is CC(C)(CCCCc1ccc(OCc2ccc(S(N)(=O)=O)cc2)cc1)CC(C)(C)C(=O)OC(C)(C)C. The Hall–Kier alpha value is -2.38. The molecule has 0 atom stereocenters. The Bertz CT molecular complexity index is 1100. The number of benzene rings is 2. The van der Waals surface area contributed by atoms with Crippen LogP contribution in [-0.4, -0.2) is 20.0 Å². The van der Waals surface area contributed by atoms with E-state index in [1.165, 1.54) is 17.7 Å². The van der Waals surface area contributed by atoms with E-state index >= 15 is 0 Å². The molecular weight excluding hydrogens is 474 g/mol. The van der Waals surface area contributed by atoms with Crippen molar-refractivity contribution in [3.05, 3.63) is 59.7 Å². The number of hydrogen-bond acceptors (Lipinski definition) is 5. The lowest BCUT2D eigenvalue weighted by atomic mass is 9.72. The molecule has 0 spiro atoms. The first kappa shape index (κ1) is 29.8. The van der Waals surface area contributed by atoms with Crippen LogP contribution in [0.3, 0.4) is 0 Å². The van der Waals surface area contributed by atoms with Crippen LogP contribution in [0, 0.1) is 10.8 Å². The zero-order chi connectivity index (χ0) is 27.2. The van der Waals surface area contributed by atoms with Crippen LogP contribution in [-0.2, 0) is 32.6 Å². The number of esters is 1. The third-order valence-corrected chi connectivity index (χ3v) is 6.95. The van der Waals surface area contributed by atoms with Crippen molar-refractivity contribution in [1.82, 2.24) is 0 Å². The van der Waals surface area contributed by atoms with E-state index in [0.29, 0.717) is 6.61 Å². The first-order valence-corrected chi connectivity index (χ1v) is 14.1. The molecule has 0 aliphatic carbocycles. The molecule has 2 aromatic rings. The molecule has 2 aromatic carbocycles. The molecule has 0 saturated heterocycles. The summed E-state index contributed by atoms with van der Waals surface area (Å²) < 4.78 is 34.1. The van der Waals surface area contributed by atoms with E-state index in [4.69, 9.17) is 14.6 Å². The predicted molar refractivity (Wildman–Crippen MR) is 144 cm³/mol. The van der Waals surface area contributed by atoms with Gasteiger partial charge in [-0.2, -0.15) is 0 Å². The van der Waals surface area contributed by atoms with E-state index in [1.807, 2.05) is 46.8 Å². The molecule has 0 heterocycles. The van der Waals surface area contributed by atoms with Crippen LogP contribution in [0.4, 0.5) is 0 Å². The second-order valence-electron chi connectivity index (χ2n) is 12.1. The molecule has 0 unspecified atom stereocenters. The van der Waals surface area contributed by atoms with Gasteiger partial charge in [-0.05, 0) is 101 Å². The number of carbonyl (C=O) groups is 1. The zero-order valence-corrected chi connectivity index (χ0v) is 23.7. The minimum Gasteiger partial charge on any atom is -0.489 e. The predicted octanol–water partition coefficient (Wildman–Crippen LogP) is 6.41. The Morgan fingerprint density at radius 3 is 1.92 bits per heavy atom. The zero-order valence-electron chi connectivity index (χ0n) is 22.9. The molecule has 0 amide bonds. The topological polar surface area (TPSA) is 95.7 Å². The van der Waals surface area contributed by atoms with Gasteiger partial charge in [0.05, 0.1) is 10.3 Å². The van der Waals surface area contributed by atoms with Crippen LogP contribution < -0.4 is 9.88 Å². The van der Waals surface area contributed by atoms with Crippen molar-refractivity contribution in [3.8, 4) is 5.75 Å². The highest BCUT2D eigenvalue weighted by Gasteiger charge is 2.37. The molecule has 6 nitrogen and oxygen atoms in total. The van der Waals surface area contributed by atoms with Crippen LogP contribution in [0.25, 0.3) is 0 Å². The average Bonchev–Trinajstić information content (AvgIpc) is 2.74. The van der Waals surface area contributed by atoms with Crippen molar-refractivity contribution in [2.75, 3.05) is 0 Å². The summed E-state index contributed by atoms with van der Waals surface area (Å²) in [5.74, 6) is 0.630. The van der Waals surface area contributed by atoms with Crippen LogP contribution in [0.15, 0.2) is 53.4 Å². The lowest BCUT2D eigenvalue weighted by molar-refractivity contribution is -0.167. The minimum absolute atomic E-state index is 0.0463. The van der Waals surface area contributed by atoms with Crippen molar-refractivity contribution in [2.24, 2.45) is 16.0 Å². The molecule has 0 bridgehead atoms. The van der Waals surface area contributed by atoms with Gasteiger partial charge in [-0.15, -0.1) is 0 Å². The van der Waals surface area contributed by atoms with Crippen molar-refractivity contribution in [2.45, 2.75) is 97.7 Å². The van der Waals surface area contributed by atoms with E-state index in [-0.39, 0.29) is 16.3 Å². The van der Waals surface area contributed by atoms with Gasteiger partial charge >= 0.3 is 5.97 Å². The number of rotatable bonds is 12. The van der Waals surface area contributed by atoms with Gasteiger partial charge in [0.2, 0.25) is 10.0 Å². The molecule has 0 aromatic heterocycles. The molecule has 36 heavy (non-hydrogen) atoms. The van der Waals surface area contributed by atoms with E-state index in [0.717, 1.165) is 43.4 Å². The summed E-state index contributed by atoms with van der Waals surface area (Å²) in [6, 6.07) is 14.4. The third-order valence-electron chi connectivity index (χ3n) is 6.02. The summed E-state index contributed by atoms with van der Waals surface area (Å²) in [6.45, 7) is 14.5. The number of nitrogens with two attached hydrogens (primary N) is 1. The standard InChI is InChI=1S/C29H43NO5S/c1-27(2,3)35-26(31)29(6,7)21-28(4,5)19-9-8-10-22-11-15-24(16-12-22)34-20-23-13-17-25(18-14-23)36(30,32)33/h11-18H,8-10,19-21H2,1-7H3,(H2,30,32,33). The first-order chi connectivity index (χ1) is 16.5. The Balaban J connectivity index is 1.77. The van der Waals surface area contributed by atoms with Gasteiger partial charge in [-0.25, -0.2) is 13.6 Å². The van der Waals surface area contributed by atoms with Crippen LogP contribution in [0.2, 0.25) is 0 Å². The fourth-order valence-electron chi connectivity index (χ4n) is 4.40. The molecule has 0 aliphatic heterocycles. The maximum Gasteiger partial charge on any atom is 0.312 e. The molecule has 200 valence electrons. The summed E-state index contributed by atoms with van der Waals surface area (Å²) in [7, 11) is -3.69. The van der Waals surface area contributed by atoms with Crippen molar-refractivity contribution in [1.29, 1.82) is 0 Å². The van der Waals surface area contributed by atoms with Gasteiger partial charge in [-0.1, -0.05) is 44.5 Å². The second-order valence-corrected chi connectivity index (χ2v) is 13.6. The molecule has 0 saturated carbocycles. The maximum atomic E-state index is 12.6. The Morgan fingerprint density at radius 1 is 0.833 bits per heavy atom. The van der Waals surface area contributed by atoms with Crippen LogP contribution in [0.5, 0.6) is 5.75 Å². The van der Waals surface area contributed by atoms with Gasteiger partial charge in [-0.3, -0.25) is 4.79 Å². The highest BCUT2D eigenvalue weighted by atomic mass is 32.2. The molecule has 0 radical (unpaired) electrons. The molecule has 2 N–H and O–H groups in total. The number of ether oxygens (including phenoxy) is 2. The maximum absolute atomic E-state index is 12.6. The average molecular weight is 518 g/mol. The quantitative estimate of drug-likeness (QED) is 0.259. The molecule has 2 rings (SSSR count). The number of unbranched alkanes of at least 4 members (excludes halogenated alkanes) is 1. The van der Waals surface area contributed by atoms with Crippen LogP contribution >= 0.6 is 0 Å². The lowest BCUT2D eigenvalue weighted by Crippen LogP contribution is -2.36. The molecule has 0 fully saturated rings. The fourth-order valence-corrected chi connectivity index (χ4v) is 4.92. The minimum atomic E-state index is -3.69. The second kappa shape index (κ2) is 11.8. The number of primary sulfonamides is 1. The van der Waals surface area contributed by atoms with Crippen molar-refractivity contribution >= 4 is 16.0 Å². The van der Waals surface area contributed by atoms with Crippen LogP contribution in [0.1, 0.15) is 85.3 Å². The van der Waals surface area contributed by atoms with E-state index in [9.17, 15) is 13.2 Å². The highest BCUT2D eigenvalue weighted by molar-refractivity contribution is 7.89. The summed E-state index contributed by atoms with van der Waals surface area (Å²) in [6.07, 6.45) is 4.98. The largest absolute Gasteiger partial charge is 0.489 e.